The summed E-state index contributed by atoms with van der Waals surface area (Å²) < 4.78 is 0. The van der Waals surface area contributed by atoms with Crippen LogP contribution in [0, 0.1) is 5.92 Å². The molecule has 2 aromatic heterocycles. The minimum absolute atomic E-state index is 0.0822. The van der Waals surface area contributed by atoms with Crippen molar-refractivity contribution in [2.45, 2.75) is 63.7 Å². The van der Waals surface area contributed by atoms with E-state index in [1.807, 2.05) is 44.4 Å². The third-order valence-electron chi connectivity index (χ3n) is 6.63. The molecule has 0 spiro atoms. The standard InChI is InChI=1S/C28H39N7O5S/c1-16(2)10-20(29)25(36)34-24(12-18-14-30-15-32-18)27(38)35-23(26(37)33-22(28(39)40)8-9-41-3)11-17-13-31-21-7-5-4-6-19(17)21/h4-7,13-16,20,22-24,31H,8-12,29H2,1-3H3,(H,30,32)(H,33,37)(H,34,36)(H,35,38)(H,39,40). The Balaban J connectivity index is 1.86. The number of nitrogens with two attached hydrogens (primary N) is 1. The summed E-state index contributed by atoms with van der Waals surface area (Å²) >= 11 is 1.47. The summed E-state index contributed by atoms with van der Waals surface area (Å²) in [5.74, 6) is -2.19. The van der Waals surface area contributed by atoms with Gasteiger partial charge in [-0.2, -0.15) is 11.8 Å². The number of hydrogen-bond donors (Lipinski definition) is 7. The largest absolute Gasteiger partial charge is 0.480 e. The zero-order valence-corrected chi connectivity index (χ0v) is 24.3. The molecule has 13 heteroatoms. The van der Waals surface area contributed by atoms with E-state index in [1.54, 1.807) is 12.4 Å². The maximum absolute atomic E-state index is 13.6. The maximum atomic E-state index is 13.6. The van der Waals surface area contributed by atoms with E-state index in [0.717, 1.165) is 16.5 Å². The lowest BCUT2D eigenvalue weighted by molar-refractivity contribution is -0.142. The topological polar surface area (TPSA) is 195 Å². The SMILES string of the molecule is CSCCC(NC(=O)C(Cc1c[nH]c2ccccc12)NC(=O)C(Cc1cnc[nH]1)NC(=O)C(N)CC(C)C)C(=O)O. The van der Waals surface area contributed by atoms with E-state index in [2.05, 4.69) is 30.9 Å². The van der Waals surface area contributed by atoms with Crippen molar-refractivity contribution in [3.05, 3.63) is 54.2 Å². The predicted molar refractivity (Wildman–Crippen MR) is 158 cm³/mol. The van der Waals surface area contributed by atoms with Gasteiger partial charge >= 0.3 is 5.97 Å². The van der Waals surface area contributed by atoms with Crippen LogP contribution < -0.4 is 21.7 Å². The third kappa shape index (κ3) is 9.35. The third-order valence-corrected chi connectivity index (χ3v) is 7.28. The quantitative estimate of drug-likeness (QED) is 0.131. The highest BCUT2D eigenvalue weighted by Gasteiger charge is 2.31. The zero-order chi connectivity index (χ0) is 29.9. The number of para-hydroxylation sites is 1. The molecule has 0 saturated heterocycles. The van der Waals surface area contributed by atoms with Crippen molar-refractivity contribution in [2.24, 2.45) is 11.7 Å². The fourth-order valence-corrected chi connectivity index (χ4v) is 4.96. The first-order valence-electron chi connectivity index (χ1n) is 13.5. The normalized spacial score (nSPS) is 14.3. The fourth-order valence-electron chi connectivity index (χ4n) is 4.49. The minimum Gasteiger partial charge on any atom is -0.480 e. The van der Waals surface area contributed by atoms with Crippen LogP contribution in [0.1, 0.15) is 37.9 Å². The van der Waals surface area contributed by atoms with Crippen molar-refractivity contribution < 1.29 is 24.3 Å². The molecule has 222 valence electrons. The van der Waals surface area contributed by atoms with Gasteiger partial charge in [-0.15, -0.1) is 0 Å². The van der Waals surface area contributed by atoms with Crippen molar-refractivity contribution in [1.82, 2.24) is 30.9 Å². The average molecular weight is 586 g/mol. The molecule has 12 nitrogen and oxygen atoms in total. The minimum atomic E-state index is -1.16. The molecule has 0 aliphatic heterocycles. The Morgan fingerprint density at radius 1 is 0.976 bits per heavy atom. The molecule has 0 aliphatic rings. The van der Waals surface area contributed by atoms with Gasteiger partial charge in [0.25, 0.3) is 0 Å². The highest BCUT2D eigenvalue weighted by molar-refractivity contribution is 7.98. The van der Waals surface area contributed by atoms with Gasteiger partial charge in [0.2, 0.25) is 17.7 Å². The maximum Gasteiger partial charge on any atom is 0.326 e. The molecule has 2 heterocycles. The number of carboxylic acid groups (broad SMARTS) is 1. The molecule has 8 N–H and O–H groups in total. The van der Waals surface area contributed by atoms with Crippen molar-refractivity contribution in [3.8, 4) is 0 Å². The summed E-state index contributed by atoms with van der Waals surface area (Å²) in [6.07, 6.45) is 7.44. The number of hydrogen-bond acceptors (Lipinski definition) is 7. The van der Waals surface area contributed by atoms with Crippen LogP contribution in [-0.4, -0.2) is 79.9 Å². The van der Waals surface area contributed by atoms with E-state index < -0.39 is 47.9 Å². The molecule has 0 aliphatic carbocycles. The van der Waals surface area contributed by atoms with E-state index >= 15 is 0 Å². The number of imidazole rings is 1. The molecular formula is C28H39N7O5S. The Kier molecular flexibility index (Phi) is 11.8. The van der Waals surface area contributed by atoms with Gasteiger partial charge < -0.3 is 36.8 Å². The number of rotatable bonds is 16. The van der Waals surface area contributed by atoms with Gasteiger partial charge in [0.1, 0.15) is 18.1 Å². The fraction of sp³-hybridized carbons (Fsp3) is 0.464. The number of benzene rings is 1. The number of H-pyrrole nitrogens is 2. The number of nitrogens with one attached hydrogen (secondary N) is 5. The number of aromatic nitrogens is 3. The second-order valence-electron chi connectivity index (χ2n) is 10.4. The number of amides is 3. The molecule has 0 saturated carbocycles. The summed E-state index contributed by atoms with van der Waals surface area (Å²) in [5.41, 5.74) is 8.30. The van der Waals surface area contributed by atoms with Crippen LogP contribution in [0.4, 0.5) is 0 Å². The molecule has 41 heavy (non-hydrogen) atoms. The van der Waals surface area contributed by atoms with Crippen LogP contribution in [0.25, 0.3) is 10.9 Å². The Labute approximate surface area is 243 Å². The van der Waals surface area contributed by atoms with Crippen LogP contribution in [0.5, 0.6) is 0 Å². The Morgan fingerprint density at radius 3 is 2.27 bits per heavy atom. The van der Waals surface area contributed by atoms with E-state index in [4.69, 9.17) is 5.73 Å². The van der Waals surface area contributed by atoms with E-state index in [0.29, 0.717) is 17.9 Å². The van der Waals surface area contributed by atoms with Gasteiger partial charge in [0.15, 0.2) is 0 Å². The predicted octanol–water partition coefficient (Wildman–Crippen LogP) is 1.34. The monoisotopic (exact) mass is 585 g/mol. The van der Waals surface area contributed by atoms with Crippen LogP contribution in [0.15, 0.2) is 43.0 Å². The van der Waals surface area contributed by atoms with Crippen molar-refractivity contribution in [2.75, 3.05) is 12.0 Å². The smallest absolute Gasteiger partial charge is 0.326 e. The number of aromatic amines is 2. The Hall–Kier alpha value is -3.84. The lowest BCUT2D eigenvalue weighted by Crippen LogP contribution is -2.58. The number of carbonyl (C=O) groups is 4. The molecule has 0 fully saturated rings. The number of carboxylic acids is 1. The number of thioether (sulfide) groups is 1. The summed E-state index contributed by atoms with van der Waals surface area (Å²) in [6.45, 7) is 3.89. The second kappa shape index (κ2) is 15.2. The van der Waals surface area contributed by atoms with Gasteiger partial charge in [-0.3, -0.25) is 14.4 Å². The summed E-state index contributed by atoms with van der Waals surface area (Å²) in [5, 5.41) is 18.6. The van der Waals surface area contributed by atoms with Crippen molar-refractivity contribution >= 4 is 46.4 Å². The van der Waals surface area contributed by atoms with Crippen molar-refractivity contribution in [3.63, 3.8) is 0 Å². The van der Waals surface area contributed by atoms with Gasteiger partial charge in [-0.25, -0.2) is 9.78 Å². The highest BCUT2D eigenvalue weighted by atomic mass is 32.2. The van der Waals surface area contributed by atoms with Crippen LogP contribution >= 0.6 is 11.8 Å². The van der Waals surface area contributed by atoms with Gasteiger partial charge in [-0.05, 0) is 42.4 Å². The summed E-state index contributed by atoms with van der Waals surface area (Å²) in [6, 6.07) is 3.42. The number of carbonyl (C=O) groups excluding carboxylic acids is 3. The van der Waals surface area contributed by atoms with E-state index in [1.165, 1.54) is 18.1 Å². The molecule has 0 radical (unpaired) electrons. The summed E-state index contributed by atoms with van der Waals surface area (Å²) in [4.78, 5) is 61.9. The molecule has 0 bridgehead atoms. The first kappa shape index (κ1) is 31.7. The lowest BCUT2D eigenvalue weighted by Gasteiger charge is -2.25. The van der Waals surface area contributed by atoms with Crippen molar-refractivity contribution in [1.29, 1.82) is 0 Å². The number of nitrogens with zero attached hydrogens (tertiary/aromatic N) is 1. The van der Waals surface area contributed by atoms with Crippen LogP contribution in [0.2, 0.25) is 0 Å². The molecule has 1 aromatic carbocycles. The van der Waals surface area contributed by atoms with Crippen LogP contribution in [-0.2, 0) is 32.0 Å². The first-order valence-corrected chi connectivity index (χ1v) is 14.9. The molecule has 3 rings (SSSR count). The highest BCUT2D eigenvalue weighted by Crippen LogP contribution is 2.19. The molecular weight excluding hydrogens is 546 g/mol. The van der Waals surface area contributed by atoms with Gasteiger partial charge in [0.05, 0.1) is 12.4 Å². The Morgan fingerprint density at radius 2 is 1.63 bits per heavy atom. The number of fused-ring (bicyclic) bond motifs is 1. The Bertz CT molecular complexity index is 1310. The first-order chi connectivity index (χ1) is 19.6. The molecule has 4 atom stereocenters. The van der Waals surface area contributed by atoms with Crippen LogP contribution in [0.3, 0.4) is 0 Å². The van der Waals surface area contributed by atoms with Gasteiger partial charge in [0, 0.05) is 41.8 Å². The zero-order valence-electron chi connectivity index (χ0n) is 23.5. The molecule has 3 amide bonds. The average Bonchev–Trinajstić information content (AvgIpc) is 3.59. The van der Waals surface area contributed by atoms with E-state index in [-0.39, 0.29) is 25.2 Å². The van der Waals surface area contributed by atoms with Gasteiger partial charge in [-0.1, -0.05) is 32.0 Å². The summed E-state index contributed by atoms with van der Waals surface area (Å²) in [7, 11) is 0. The number of aliphatic carboxylic acids is 1. The molecule has 4 unspecified atom stereocenters. The second-order valence-corrected chi connectivity index (χ2v) is 11.4. The molecule has 3 aromatic rings. The van der Waals surface area contributed by atoms with E-state index in [9.17, 15) is 24.3 Å². The lowest BCUT2D eigenvalue weighted by atomic mass is 10.0.